The Labute approximate surface area is 178 Å². The number of rotatable bonds is 6. The maximum Gasteiger partial charge on any atom is 0.310 e. The number of carbonyl (C=O) groups is 2. The molecule has 2 aromatic carbocycles. The van der Waals surface area contributed by atoms with Crippen LogP contribution in [0.1, 0.15) is 30.9 Å². The van der Waals surface area contributed by atoms with Crippen LogP contribution in [-0.4, -0.2) is 50.1 Å². The minimum atomic E-state index is -0.416. The van der Waals surface area contributed by atoms with E-state index >= 15 is 0 Å². The van der Waals surface area contributed by atoms with Crippen molar-refractivity contribution in [2.75, 3.05) is 38.2 Å². The predicted octanol–water partition coefficient (Wildman–Crippen LogP) is 3.42. The Morgan fingerprint density at radius 1 is 1.07 bits per heavy atom. The lowest BCUT2D eigenvalue weighted by atomic mass is 9.73. The molecule has 1 unspecified atom stereocenters. The third-order valence-electron chi connectivity index (χ3n) is 6.63. The lowest BCUT2D eigenvalue weighted by Gasteiger charge is -2.39. The molecule has 5 nitrogen and oxygen atoms in total. The number of para-hydroxylation sites is 1. The van der Waals surface area contributed by atoms with Crippen molar-refractivity contribution in [3.05, 3.63) is 65.7 Å². The molecule has 1 fully saturated rings. The van der Waals surface area contributed by atoms with Crippen LogP contribution >= 0.6 is 0 Å². The molecule has 2 heterocycles. The lowest BCUT2D eigenvalue weighted by molar-refractivity contribution is -0.149. The van der Waals surface area contributed by atoms with E-state index in [1.165, 1.54) is 0 Å². The summed E-state index contributed by atoms with van der Waals surface area (Å²) in [5.41, 5.74) is 2.92. The molecule has 1 amide bonds. The molecule has 5 heteroatoms. The van der Waals surface area contributed by atoms with Crippen molar-refractivity contribution in [3.63, 3.8) is 0 Å². The summed E-state index contributed by atoms with van der Waals surface area (Å²) in [4.78, 5) is 29.9. The summed E-state index contributed by atoms with van der Waals surface area (Å²) in [6.07, 6.45) is 2.24. The van der Waals surface area contributed by atoms with Gasteiger partial charge in [0.15, 0.2) is 0 Å². The minimum absolute atomic E-state index is 0.135. The van der Waals surface area contributed by atoms with Crippen molar-refractivity contribution in [1.82, 2.24) is 4.90 Å². The average molecular weight is 407 g/mol. The number of hydrogen-bond donors (Lipinski definition) is 0. The van der Waals surface area contributed by atoms with Crippen molar-refractivity contribution in [2.24, 2.45) is 5.92 Å². The number of piperidine rings is 1. The summed E-state index contributed by atoms with van der Waals surface area (Å²) in [6, 6.07) is 18.3. The molecular weight excluding hydrogens is 376 g/mol. The van der Waals surface area contributed by atoms with Gasteiger partial charge in [0.2, 0.25) is 5.91 Å². The number of likely N-dealkylation sites (N-methyl/N-ethyl adjacent to an activating group) is 1. The highest BCUT2D eigenvalue weighted by atomic mass is 16.5. The number of nitrogens with zero attached hydrogens (tertiary/aromatic N) is 2. The molecule has 0 radical (unpaired) electrons. The maximum atomic E-state index is 13.1. The van der Waals surface area contributed by atoms with Crippen LogP contribution in [0.4, 0.5) is 5.69 Å². The first kappa shape index (κ1) is 20.6. The van der Waals surface area contributed by atoms with Crippen molar-refractivity contribution < 1.29 is 14.3 Å². The molecule has 0 N–H and O–H groups in total. The second-order valence-electron chi connectivity index (χ2n) is 8.40. The van der Waals surface area contributed by atoms with Gasteiger partial charge in [-0.15, -0.1) is 0 Å². The summed E-state index contributed by atoms with van der Waals surface area (Å²) in [5, 5.41) is 0. The van der Waals surface area contributed by atoms with E-state index in [1.54, 1.807) is 0 Å². The normalized spacial score (nSPS) is 19.0. The number of anilines is 1. The zero-order chi connectivity index (χ0) is 21.1. The highest BCUT2D eigenvalue weighted by molar-refractivity contribution is 6.07. The first-order chi connectivity index (χ1) is 14.5. The number of ether oxygens (including phenoxy) is 1. The molecule has 1 spiro atoms. The van der Waals surface area contributed by atoms with Crippen LogP contribution in [-0.2, 0) is 26.2 Å². The van der Waals surface area contributed by atoms with Crippen LogP contribution in [0.25, 0.3) is 0 Å². The first-order valence-corrected chi connectivity index (χ1v) is 10.9. The predicted molar refractivity (Wildman–Crippen MR) is 117 cm³/mol. The smallest absolute Gasteiger partial charge is 0.310 e. The van der Waals surface area contributed by atoms with Gasteiger partial charge in [-0.3, -0.25) is 9.59 Å². The maximum absolute atomic E-state index is 13.1. The lowest BCUT2D eigenvalue weighted by Crippen LogP contribution is -2.49. The number of hydrogen-bond acceptors (Lipinski definition) is 4. The average Bonchev–Trinajstić information content (AvgIpc) is 2.98. The summed E-state index contributed by atoms with van der Waals surface area (Å²) in [6.45, 7) is 4.51. The summed E-state index contributed by atoms with van der Waals surface area (Å²) in [5.74, 6) is -0.131. The van der Waals surface area contributed by atoms with E-state index in [4.69, 9.17) is 4.74 Å². The van der Waals surface area contributed by atoms with E-state index in [0.717, 1.165) is 42.7 Å². The zero-order valence-corrected chi connectivity index (χ0v) is 17.8. The Bertz CT molecular complexity index is 904. The van der Waals surface area contributed by atoms with E-state index in [2.05, 4.69) is 23.1 Å². The van der Waals surface area contributed by atoms with Gasteiger partial charge < -0.3 is 14.5 Å². The zero-order valence-electron chi connectivity index (χ0n) is 17.8. The highest BCUT2D eigenvalue weighted by Gasteiger charge is 2.50. The van der Waals surface area contributed by atoms with Gasteiger partial charge in [0.25, 0.3) is 0 Å². The van der Waals surface area contributed by atoms with Crippen LogP contribution in [0.15, 0.2) is 54.6 Å². The monoisotopic (exact) mass is 406 g/mol. The van der Waals surface area contributed by atoms with Crippen LogP contribution in [0.3, 0.4) is 0 Å². The Morgan fingerprint density at radius 2 is 1.73 bits per heavy atom. The van der Waals surface area contributed by atoms with Crippen LogP contribution < -0.4 is 4.90 Å². The van der Waals surface area contributed by atoms with Gasteiger partial charge in [0, 0.05) is 19.3 Å². The van der Waals surface area contributed by atoms with Crippen molar-refractivity contribution in [1.29, 1.82) is 0 Å². The molecule has 0 aromatic heterocycles. The minimum Gasteiger partial charge on any atom is -0.466 e. The summed E-state index contributed by atoms with van der Waals surface area (Å²) >= 11 is 0. The van der Waals surface area contributed by atoms with Crippen LogP contribution in [0, 0.1) is 5.92 Å². The fourth-order valence-corrected chi connectivity index (χ4v) is 5.01. The third kappa shape index (κ3) is 3.74. The second-order valence-corrected chi connectivity index (χ2v) is 8.40. The summed E-state index contributed by atoms with van der Waals surface area (Å²) in [7, 11) is 1.87. The molecule has 2 aromatic rings. The van der Waals surface area contributed by atoms with Crippen molar-refractivity contribution in [2.45, 2.75) is 31.6 Å². The number of likely N-dealkylation sites (tertiary alicyclic amines) is 1. The van der Waals surface area contributed by atoms with E-state index < -0.39 is 5.41 Å². The van der Waals surface area contributed by atoms with E-state index in [-0.39, 0.29) is 17.8 Å². The van der Waals surface area contributed by atoms with Crippen molar-refractivity contribution in [3.8, 4) is 0 Å². The molecule has 2 aliphatic heterocycles. The molecule has 30 heavy (non-hydrogen) atoms. The van der Waals surface area contributed by atoms with Crippen molar-refractivity contribution >= 4 is 17.6 Å². The molecule has 1 atom stereocenters. The molecule has 0 saturated carbocycles. The van der Waals surface area contributed by atoms with Gasteiger partial charge in [0.05, 0.1) is 17.9 Å². The number of fused-ring (bicyclic) bond motifs is 2. The molecular formula is C25H30N2O3. The fraction of sp³-hybridized carbons (Fsp3) is 0.440. The fourth-order valence-electron chi connectivity index (χ4n) is 5.01. The Morgan fingerprint density at radius 3 is 2.43 bits per heavy atom. The van der Waals surface area contributed by atoms with Gasteiger partial charge in [-0.1, -0.05) is 48.5 Å². The SMILES string of the molecule is CCOC(=O)C(Cc1ccccc1)CN1CCC2(CC1)C(=O)N(C)c1ccccc12. The third-order valence-corrected chi connectivity index (χ3v) is 6.63. The number of amides is 1. The molecule has 2 aliphatic rings. The molecule has 0 bridgehead atoms. The Hall–Kier alpha value is -2.66. The Kier molecular flexibility index (Phi) is 5.91. The van der Waals surface area contributed by atoms with Gasteiger partial charge in [-0.25, -0.2) is 0 Å². The van der Waals surface area contributed by atoms with Gasteiger partial charge in [0.1, 0.15) is 0 Å². The molecule has 4 rings (SSSR count). The van der Waals surface area contributed by atoms with E-state index in [0.29, 0.717) is 19.6 Å². The molecule has 158 valence electrons. The van der Waals surface area contributed by atoms with E-state index in [9.17, 15) is 9.59 Å². The number of benzene rings is 2. The van der Waals surface area contributed by atoms with E-state index in [1.807, 2.05) is 55.3 Å². The highest BCUT2D eigenvalue weighted by Crippen LogP contribution is 2.47. The first-order valence-electron chi connectivity index (χ1n) is 10.9. The second kappa shape index (κ2) is 8.60. The molecule has 0 aliphatic carbocycles. The van der Waals surface area contributed by atoms with Gasteiger partial charge >= 0.3 is 5.97 Å². The Balaban J connectivity index is 1.46. The van der Waals surface area contributed by atoms with Crippen LogP contribution in [0.2, 0.25) is 0 Å². The topological polar surface area (TPSA) is 49.9 Å². The van der Waals surface area contributed by atoms with Gasteiger partial charge in [-0.2, -0.15) is 0 Å². The summed E-state index contributed by atoms with van der Waals surface area (Å²) < 4.78 is 5.36. The van der Waals surface area contributed by atoms with Crippen LogP contribution in [0.5, 0.6) is 0 Å². The standard InChI is InChI=1S/C25H30N2O3/c1-3-30-23(28)20(17-19-9-5-4-6-10-19)18-27-15-13-25(14-16-27)21-11-7-8-12-22(21)26(2)24(25)29/h4-12,20H,3,13-18H2,1-2H3. The van der Waals surface area contributed by atoms with Gasteiger partial charge in [-0.05, 0) is 56.5 Å². The number of esters is 1. The largest absolute Gasteiger partial charge is 0.466 e. The molecule has 1 saturated heterocycles. The number of carbonyl (C=O) groups excluding carboxylic acids is 2. The quantitative estimate of drug-likeness (QED) is 0.690.